The van der Waals surface area contributed by atoms with Gasteiger partial charge in [-0.3, -0.25) is 4.79 Å². The van der Waals surface area contributed by atoms with Crippen molar-refractivity contribution in [2.24, 2.45) is 0 Å². The third-order valence-corrected chi connectivity index (χ3v) is 5.14. The molecule has 0 aliphatic rings. The first kappa shape index (κ1) is 21.6. The van der Waals surface area contributed by atoms with E-state index in [2.05, 4.69) is 14.8 Å². The number of carbonyl (C=O) groups excluding carboxylic acids is 1. The Morgan fingerprint density at radius 3 is 2.25 bits per heavy atom. The van der Waals surface area contributed by atoms with E-state index in [0.29, 0.717) is 0 Å². The quantitative estimate of drug-likeness (QED) is 0.692. The van der Waals surface area contributed by atoms with Crippen molar-refractivity contribution >= 4 is 21.6 Å². The zero-order chi connectivity index (χ0) is 20.9. The number of methoxy groups -OCH3 is 1. The van der Waals surface area contributed by atoms with Gasteiger partial charge in [0, 0.05) is 11.7 Å². The number of hydrogen-bond donors (Lipinski definition) is 2. The summed E-state index contributed by atoms with van der Waals surface area (Å²) in [5.74, 6) is -1.13. The highest BCUT2D eigenvalue weighted by Gasteiger charge is 2.21. The van der Waals surface area contributed by atoms with Gasteiger partial charge in [0.25, 0.3) is 5.91 Å². The number of halogens is 2. The monoisotopic (exact) mass is 414 g/mol. The van der Waals surface area contributed by atoms with Crippen LogP contribution < -0.4 is 19.5 Å². The van der Waals surface area contributed by atoms with Crippen LogP contribution in [0.15, 0.2) is 47.4 Å². The molecule has 28 heavy (non-hydrogen) atoms. The number of sulfonamides is 1. The van der Waals surface area contributed by atoms with Crippen LogP contribution >= 0.6 is 0 Å². The van der Waals surface area contributed by atoms with E-state index in [1.807, 2.05) is 0 Å². The molecule has 0 saturated heterocycles. The van der Waals surface area contributed by atoms with Crippen molar-refractivity contribution in [3.05, 3.63) is 48.0 Å². The Kier molecular flexibility index (Phi) is 6.92. The van der Waals surface area contributed by atoms with Crippen molar-refractivity contribution in [3.63, 3.8) is 0 Å². The van der Waals surface area contributed by atoms with Crippen LogP contribution in [0, 0.1) is 0 Å². The van der Waals surface area contributed by atoms with Crippen LogP contribution in [0.5, 0.6) is 11.5 Å². The summed E-state index contributed by atoms with van der Waals surface area (Å²) in [6.45, 7) is 0.249. The maximum absolute atomic E-state index is 12.7. The molecule has 0 radical (unpaired) electrons. The Bertz CT molecular complexity index is 931. The van der Waals surface area contributed by atoms with Crippen LogP contribution in [-0.2, 0) is 10.0 Å². The zero-order valence-corrected chi connectivity index (χ0v) is 16.2. The summed E-state index contributed by atoms with van der Waals surface area (Å²) >= 11 is 0. The molecule has 2 aromatic rings. The number of nitrogens with one attached hydrogen (secondary N) is 2. The summed E-state index contributed by atoms with van der Waals surface area (Å²) in [5, 5.41) is 2.51. The molecule has 2 rings (SSSR count). The Hall–Kier alpha value is -2.72. The van der Waals surface area contributed by atoms with Gasteiger partial charge in [-0.25, -0.2) is 13.1 Å². The average Bonchev–Trinajstić information content (AvgIpc) is 2.60. The molecule has 0 bridgehead atoms. The molecule has 0 atom stereocenters. The molecule has 2 aromatic carbocycles. The molecule has 0 heterocycles. The normalized spacial score (nSPS) is 11.5. The van der Waals surface area contributed by atoms with Crippen molar-refractivity contribution in [2.75, 3.05) is 12.4 Å². The molecule has 10 heteroatoms. The number of carbonyl (C=O) groups is 1. The number of ether oxygens (including phenoxy) is 2. The summed E-state index contributed by atoms with van der Waals surface area (Å²) in [6, 6.07) is 9.30. The maximum atomic E-state index is 12.7. The van der Waals surface area contributed by atoms with Crippen LogP contribution in [0.25, 0.3) is 0 Å². The number of para-hydroxylation sites is 1. The number of benzene rings is 2. The highest BCUT2D eigenvalue weighted by atomic mass is 32.2. The Balaban J connectivity index is 2.24. The number of alkyl halides is 2. The van der Waals surface area contributed by atoms with Crippen molar-refractivity contribution in [3.8, 4) is 11.5 Å². The largest absolute Gasteiger partial charge is 0.493 e. The Labute approximate surface area is 161 Å². The number of anilines is 1. The van der Waals surface area contributed by atoms with E-state index in [-0.39, 0.29) is 27.9 Å². The zero-order valence-electron chi connectivity index (χ0n) is 15.4. The highest BCUT2D eigenvalue weighted by Crippen LogP contribution is 2.33. The topological polar surface area (TPSA) is 93.7 Å². The van der Waals surface area contributed by atoms with Crippen molar-refractivity contribution in [1.82, 2.24) is 4.72 Å². The van der Waals surface area contributed by atoms with Gasteiger partial charge in [-0.15, -0.1) is 0 Å². The molecular formula is C18H20F2N2O5S. The third kappa shape index (κ3) is 5.40. The molecule has 7 nitrogen and oxygen atoms in total. The van der Waals surface area contributed by atoms with E-state index in [1.54, 1.807) is 13.8 Å². The molecule has 152 valence electrons. The van der Waals surface area contributed by atoms with Crippen molar-refractivity contribution in [1.29, 1.82) is 0 Å². The van der Waals surface area contributed by atoms with Crippen molar-refractivity contribution < 1.29 is 31.5 Å². The summed E-state index contributed by atoms with van der Waals surface area (Å²) in [5.41, 5.74) is 0.122. The number of hydrogen-bond acceptors (Lipinski definition) is 5. The molecule has 0 spiro atoms. The van der Waals surface area contributed by atoms with Gasteiger partial charge < -0.3 is 14.8 Å². The lowest BCUT2D eigenvalue weighted by Crippen LogP contribution is -2.30. The average molecular weight is 414 g/mol. The van der Waals surface area contributed by atoms with Gasteiger partial charge in [0.05, 0.1) is 17.6 Å². The lowest BCUT2D eigenvalue weighted by molar-refractivity contribution is -0.0515. The smallest absolute Gasteiger partial charge is 0.387 e. The Morgan fingerprint density at radius 1 is 1.07 bits per heavy atom. The molecule has 0 aliphatic carbocycles. The van der Waals surface area contributed by atoms with Crippen LogP contribution in [0.1, 0.15) is 24.2 Å². The Morgan fingerprint density at radius 2 is 1.71 bits per heavy atom. The first-order chi connectivity index (χ1) is 13.1. The summed E-state index contributed by atoms with van der Waals surface area (Å²) in [7, 11) is -2.41. The SMILES string of the molecule is COc1cccc(C(=O)Nc2ccc(S(=O)(=O)NC(C)C)cc2)c1OC(F)F. The van der Waals surface area contributed by atoms with E-state index in [9.17, 15) is 22.0 Å². The minimum atomic E-state index is -3.67. The van der Waals surface area contributed by atoms with Crippen LogP contribution in [0.4, 0.5) is 14.5 Å². The molecule has 0 saturated carbocycles. The summed E-state index contributed by atoms with van der Waals surface area (Å²) < 4.78 is 61.4. The highest BCUT2D eigenvalue weighted by molar-refractivity contribution is 7.89. The number of rotatable bonds is 8. The first-order valence-corrected chi connectivity index (χ1v) is 9.68. The molecule has 0 fully saturated rings. The van der Waals surface area contributed by atoms with E-state index < -0.39 is 28.3 Å². The molecule has 0 aromatic heterocycles. The van der Waals surface area contributed by atoms with Crippen LogP contribution in [-0.4, -0.2) is 34.1 Å². The molecule has 0 aliphatic heterocycles. The second kappa shape index (κ2) is 8.98. The van der Waals surface area contributed by atoms with Gasteiger partial charge in [-0.1, -0.05) is 6.07 Å². The van der Waals surface area contributed by atoms with Gasteiger partial charge in [0.1, 0.15) is 0 Å². The first-order valence-electron chi connectivity index (χ1n) is 8.19. The van der Waals surface area contributed by atoms with E-state index in [4.69, 9.17) is 4.74 Å². The lowest BCUT2D eigenvalue weighted by atomic mass is 10.1. The fourth-order valence-electron chi connectivity index (χ4n) is 2.36. The van der Waals surface area contributed by atoms with E-state index in [0.717, 1.165) is 0 Å². The molecule has 2 N–H and O–H groups in total. The molecule has 0 unspecified atom stereocenters. The summed E-state index contributed by atoms with van der Waals surface area (Å²) in [6.07, 6.45) is 0. The van der Waals surface area contributed by atoms with Gasteiger partial charge in [-0.2, -0.15) is 8.78 Å². The predicted molar refractivity (Wildman–Crippen MR) is 99.5 cm³/mol. The fraction of sp³-hybridized carbons (Fsp3) is 0.278. The third-order valence-electron chi connectivity index (χ3n) is 3.46. The van der Waals surface area contributed by atoms with Gasteiger partial charge in [0.15, 0.2) is 11.5 Å². The van der Waals surface area contributed by atoms with Crippen LogP contribution in [0.3, 0.4) is 0 Å². The van der Waals surface area contributed by atoms with Crippen LogP contribution in [0.2, 0.25) is 0 Å². The molecular weight excluding hydrogens is 394 g/mol. The number of amides is 1. The van der Waals surface area contributed by atoms with E-state index in [1.165, 1.54) is 49.6 Å². The summed E-state index contributed by atoms with van der Waals surface area (Å²) in [4.78, 5) is 12.5. The van der Waals surface area contributed by atoms with Gasteiger partial charge in [-0.05, 0) is 50.2 Å². The predicted octanol–water partition coefficient (Wildman–Crippen LogP) is 3.24. The van der Waals surface area contributed by atoms with E-state index >= 15 is 0 Å². The fourth-order valence-corrected chi connectivity index (χ4v) is 3.61. The minimum Gasteiger partial charge on any atom is -0.493 e. The molecule has 1 amide bonds. The second-order valence-electron chi connectivity index (χ2n) is 5.97. The lowest BCUT2D eigenvalue weighted by Gasteiger charge is -2.14. The van der Waals surface area contributed by atoms with Gasteiger partial charge in [0.2, 0.25) is 10.0 Å². The maximum Gasteiger partial charge on any atom is 0.387 e. The minimum absolute atomic E-state index is 0.0193. The van der Waals surface area contributed by atoms with Gasteiger partial charge >= 0.3 is 6.61 Å². The second-order valence-corrected chi connectivity index (χ2v) is 7.68. The van der Waals surface area contributed by atoms with Crippen molar-refractivity contribution in [2.45, 2.75) is 31.4 Å². The standard InChI is InChI=1S/C18H20F2N2O5S/c1-11(2)22-28(24,25)13-9-7-12(8-10-13)21-17(23)14-5-4-6-15(26-3)16(14)27-18(19)20/h4-11,18,22H,1-3H3,(H,21,23).